The van der Waals surface area contributed by atoms with Crippen molar-refractivity contribution in [1.82, 2.24) is 9.99 Å². The van der Waals surface area contributed by atoms with Crippen LogP contribution in [0.2, 0.25) is 0 Å². The molecule has 1 aromatic heterocycles. The Morgan fingerprint density at radius 3 is 1.95 bits per heavy atom. The molecule has 0 fully saturated rings. The van der Waals surface area contributed by atoms with E-state index in [1.807, 2.05) is 0 Å². The molecule has 1 aliphatic heterocycles. The van der Waals surface area contributed by atoms with Gasteiger partial charge in [0, 0.05) is 25.6 Å². The highest BCUT2D eigenvalue weighted by Crippen LogP contribution is 2.37. The van der Waals surface area contributed by atoms with E-state index in [1.165, 1.54) is 56.4 Å². The summed E-state index contributed by atoms with van der Waals surface area (Å²) in [6.45, 7) is 22.3. The predicted molar refractivity (Wildman–Crippen MR) is 163 cm³/mol. The van der Waals surface area contributed by atoms with Crippen LogP contribution in [0.5, 0.6) is 0 Å². The van der Waals surface area contributed by atoms with Crippen LogP contribution in [-0.4, -0.2) is 41.7 Å². The molecule has 2 atom stereocenters. The number of likely N-dealkylation sites (N-methyl/N-ethyl adjacent to an activating group) is 1. The Balaban J connectivity index is 2.55. The molecule has 2 unspecified atom stereocenters. The van der Waals surface area contributed by atoms with Gasteiger partial charge in [0.2, 0.25) is 0 Å². The summed E-state index contributed by atoms with van der Waals surface area (Å²) in [4.78, 5) is 22.0. The quantitative estimate of drug-likeness (QED) is 0.213. The third-order valence-electron chi connectivity index (χ3n) is 7.55. The Kier molecular flexibility index (Phi) is 12.3. The Hall–Kier alpha value is -1.69. The fraction of sp³-hybridized carbons (Fsp3) is 0.774. The summed E-state index contributed by atoms with van der Waals surface area (Å²) < 4.78 is 0. The monoisotopic (exact) mass is 530 g/mol. The number of hydrazone groups is 1. The second-order valence-corrected chi connectivity index (χ2v) is 13.2. The maximum absolute atomic E-state index is 13.0. The van der Waals surface area contributed by atoms with Gasteiger partial charge in [0.25, 0.3) is 5.91 Å². The molecule has 1 aliphatic rings. The number of anilines is 1. The largest absolute Gasteiger partial charge is 0.348 e. The van der Waals surface area contributed by atoms with Crippen LogP contribution in [0.4, 0.5) is 5.13 Å². The van der Waals surface area contributed by atoms with E-state index in [1.54, 1.807) is 18.4 Å². The van der Waals surface area contributed by atoms with Crippen molar-refractivity contribution in [2.75, 3.05) is 25.0 Å². The van der Waals surface area contributed by atoms with Crippen molar-refractivity contribution in [3.8, 4) is 0 Å². The first kappa shape index (κ1) is 31.5. The SMILES string of the molecule is CCCCC(CC)CN(CC(CC)CCCC)c1nc(C(C)(C)C)c(/C=C2\C(=O)N(C)N=C2C(C)C)s1. The molecular formula is C31H54N4OS. The van der Waals surface area contributed by atoms with E-state index in [9.17, 15) is 4.79 Å². The second kappa shape index (κ2) is 14.5. The van der Waals surface area contributed by atoms with E-state index in [-0.39, 0.29) is 17.2 Å². The highest BCUT2D eigenvalue weighted by Gasteiger charge is 2.32. The standard InChI is InChI=1S/C31H54N4OS/c1-11-15-17-23(13-3)20-35(21-24(14-4)18-16-12-2)30-32-28(31(7,8)9)26(37-30)19-25-27(22(5)6)33-34(10)29(25)36/h19,22-24H,11-18,20-21H2,1-10H3/b25-19-. The summed E-state index contributed by atoms with van der Waals surface area (Å²) >= 11 is 1.76. The number of rotatable bonds is 15. The van der Waals surface area contributed by atoms with E-state index < -0.39 is 0 Å². The Morgan fingerprint density at radius 1 is 0.973 bits per heavy atom. The topological polar surface area (TPSA) is 48.8 Å². The molecule has 1 amide bonds. The molecule has 6 heteroatoms. The lowest BCUT2D eigenvalue weighted by Gasteiger charge is -2.30. The molecule has 0 radical (unpaired) electrons. The van der Waals surface area contributed by atoms with Gasteiger partial charge in [-0.15, -0.1) is 0 Å². The zero-order valence-corrected chi connectivity index (χ0v) is 26.3. The van der Waals surface area contributed by atoms with Gasteiger partial charge in [0.1, 0.15) is 0 Å². The average molecular weight is 531 g/mol. The maximum atomic E-state index is 13.0. The number of hydrogen-bond donors (Lipinski definition) is 0. The van der Waals surface area contributed by atoms with Gasteiger partial charge < -0.3 is 4.90 Å². The van der Waals surface area contributed by atoms with E-state index in [0.717, 1.165) is 34.5 Å². The normalized spacial score (nSPS) is 17.2. The molecule has 0 aliphatic carbocycles. The second-order valence-electron chi connectivity index (χ2n) is 12.2. The van der Waals surface area contributed by atoms with Crippen LogP contribution in [0.1, 0.15) is 124 Å². The number of unbranched alkanes of at least 4 members (excludes halogenated alkanes) is 2. The number of hydrogen-bond acceptors (Lipinski definition) is 5. The van der Waals surface area contributed by atoms with Crippen molar-refractivity contribution in [3.63, 3.8) is 0 Å². The van der Waals surface area contributed by atoms with Gasteiger partial charge in [-0.05, 0) is 36.7 Å². The number of aromatic nitrogens is 1. The van der Waals surface area contributed by atoms with Crippen molar-refractivity contribution in [2.24, 2.45) is 22.9 Å². The van der Waals surface area contributed by atoms with Crippen molar-refractivity contribution in [3.05, 3.63) is 16.1 Å². The van der Waals surface area contributed by atoms with Gasteiger partial charge in [0.05, 0.1) is 21.9 Å². The summed E-state index contributed by atoms with van der Waals surface area (Å²) in [5.74, 6) is 1.52. The van der Waals surface area contributed by atoms with Crippen molar-refractivity contribution in [2.45, 2.75) is 119 Å². The number of carbonyl (C=O) groups excluding carboxylic acids is 1. The van der Waals surface area contributed by atoms with E-state index in [4.69, 9.17) is 4.98 Å². The van der Waals surface area contributed by atoms with Gasteiger partial charge in [-0.1, -0.05) is 112 Å². The van der Waals surface area contributed by atoms with Crippen molar-refractivity contribution >= 4 is 34.2 Å². The molecule has 5 nitrogen and oxygen atoms in total. The van der Waals surface area contributed by atoms with Crippen molar-refractivity contribution in [1.29, 1.82) is 0 Å². The molecule has 2 rings (SSSR count). The number of nitrogens with zero attached hydrogens (tertiary/aromatic N) is 4. The lowest BCUT2D eigenvalue weighted by Crippen LogP contribution is -2.34. The van der Waals surface area contributed by atoms with Crippen molar-refractivity contribution < 1.29 is 4.79 Å². The number of amides is 1. The third-order valence-corrected chi connectivity index (χ3v) is 8.61. The van der Waals surface area contributed by atoms with Gasteiger partial charge in [-0.3, -0.25) is 4.79 Å². The van der Waals surface area contributed by atoms with Crippen LogP contribution in [0.25, 0.3) is 6.08 Å². The molecule has 0 spiro atoms. The predicted octanol–water partition coefficient (Wildman–Crippen LogP) is 8.55. The van der Waals surface area contributed by atoms with E-state index in [0.29, 0.717) is 17.4 Å². The van der Waals surface area contributed by atoms with Crippen LogP contribution in [0.3, 0.4) is 0 Å². The lowest BCUT2D eigenvalue weighted by molar-refractivity contribution is -0.124. The van der Waals surface area contributed by atoms with E-state index in [2.05, 4.69) is 78.4 Å². The molecule has 0 bridgehead atoms. The van der Waals surface area contributed by atoms with Gasteiger partial charge >= 0.3 is 0 Å². The summed E-state index contributed by atoms with van der Waals surface area (Å²) in [5, 5.41) is 7.14. The molecule has 0 N–H and O–H groups in total. The lowest BCUT2D eigenvalue weighted by atomic mass is 9.90. The molecule has 2 heterocycles. The van der Waals surface area contributed by atoms with E-state index >= 15 is 0 Å². The average Bonchev–Trinajstić information content (AvgIpc) is 3.40. The fourth-order valence-corrected chi connectivity index (χ4v) is 6.25. The van der Waals surface area contributed by atoms with Gasteiger partial charge in [-0.2, -0.15) is 5.10 Å². The fourth-order valence-electron chi connectivity index (χ4n) is 5.02. The van der Waals surface area contributed by atoms with Crippen LogP contribution in [0.15, 0.2) is 10.7 Å². The minimum Gasteiger partial charge on any atom is -0.348 e. The third kappa shape index (κ3) is 8.66. The van der Waals surface area contributed by atoms with Crippen LogP contribution in [0, 0.1) is 17.8 Å². The smallest absolute Gasteiger partial charge is 0.275 e. The molecule has 210 valence electrons. The summed E-state index contributed by atoms with van der Waals surface area (Å²) in [6, 6.07) is 0. The molecule has 0 saturated heterocycles. The highest BCUT2D eigenvalue weighted by molar-refractivity contribution is 7.16. The molecule has 0 aromatic carbocycles. The minimum absolute atomic E-state index is 0.0217. The molecule has 1 aromatic rings. The van der Waals surface area contributed by atoms with Crippen LogP contribution >= 0.6 is 11.3 Å². The first-order valence-electron chi connectivity index (χ1n) is 14.8. The zero-order chi connectivity index (χ0) is 27.8. The molecule has 37 heavy (non-hydrogen) atoms. The summed E-state index contributed by atoms with van der Waals surface area (Å²) in [6.07, 6.45) is 12.1. The number of carbonyl (C=O) groups is 1. The number of thiazole rings is 1. The Labute approximate surface area is 231 Å². The zero-order valence-electron chi connectivity index (χ0n) is 25.5. The van der Waals surface area contributed by atoms with Crippen LogP contribution < -0.4 is 4.90 Å². The molecular weight excluding hydrogens is 476 g/mol. The highest BCUT2D eigenvalue weighted by atomic mass is 32.1. The Bertz CT molecular complexity index is 906. The first-order valence-corrected chi connectivity index (χ1v) is 15.6. The van der Waals surface area contributed by atoms with Crippen LogP contribution in [-0.2, 0) is 10.2 Å². The van der Waals surface area contributed by atoms with Gasteiger partial charge in [0.15, 0.2) is 5.13 Å². The molecule has 0 saturated carbocycles. The first-order chi connectivity index (χ1) is 17.5. The maximum Gasteiger partial charge on any atom is 0.275 e. The minimum atomic E-state index is -0.117. The Morgan fingerprint density at radius 2 is 1.51 bits per heavy atom. The van der Waals surface area contributed by atoms with Gasteiger partial charge in [-0.25, -0.2) is 9.99 Å². The summed E-state index contributed by atoms with van der Waals surface area (Å²) in [5.41, 5.74) is 2.55. The summed E-state index contributed by atoms with van der Waals surface area (Å²) in [7, 11) is 1.75.